The quantitative estimate of drug-likeness (QED) is 0.134. The fourth-order valence-electron chi connectivity index (χ4n) is 7.40. The van der Waals surface area contributed by atoms with Gasteiger partial charge in [0, 0.05) is 46.1 Å². The molecule has 0 bridgehead atoms. The van der Waals surface area contributed by atoms with Crippen LogP contribution >= 0.6 is 0 Å². The highest BCUT2D eigenvalue weighted by molar-refractivity contribution is 7.90. The molecule has 58 heavy (non-hydrogen) atoms. The van der Waals surface area contributed by atoms with Crippen LogP contribution in [-0.2, 0) is 49.9 Å². The number of hydrogen-bond donors (Lipinski definition) is 4. The normalized spacial score (nSPS) is 19.0. The zero-order chi connectivity index (χ0) is 43.7. The van der Waals surface area contributed by atoms with Crippen LogP contribution in [0.5, 0.6) is 0 Å². The van der Waals surface area contributed by atoms with Crippen LogP contribution in [0, 0.1) is 17.8 Å². The van der Waals surface area contributed by atoms with Crippen molar-refractivity contribution in [2.45, 2.75) is 141 Å². The summed E-state index contributed by atoms with van der Waals surface area (Å²) in [5.41, 5.74) is 0.490. The second-order valence-electron chi connectivity index (χ2n) is 15.9. The maximum atomic E-state index is 14.1. The summed E-state index contributed by atoms with van der Waals surface area (Å²) in [7, 11) is 2.45. The van der Waals surface area contributed by atoms with E-state index in [-0.39, 0.29) is 48.9 Å². The van der Waals surface area contributed by atoms with Crippen LogP contribution < -0.4 is 20.7 Å². The van der Waals surface area contributed by atoms with Crippen LogP contribution in [0.4, 0.5) is 0 Å². The number of likely N-dealkylation sites (tertiary alicyclic amines) is 1. The molecule has 3 rings (SSSR count). The predicted octanol–water partition coefficient (Wildman–Crippen LogP) is 2.41. The molecule has 8 atom stereocenters. The van der Waals surface area contributed by atoms with Gasteiger partial charge in [0.1, 0.15) is 6.04 Å². The van der Waals surface area contributed by atoms with Crippen molar-refractivity contribution >= 4 is 39.6 Å². The van der Waals surface area contributed by atoms with Gasteiger partial charge in [-0.15, -0.1) is 0 Å². The van der Waals surface area contributed by atoms with Crippen LogP contribution in [0.15, 0.2) is 24.4 Å². The van der Waals surface area contributed by atoms with Gasteiger partial charge in [-0.25, -0.2) is 8.42 Å². The number of nitrogens with one attached hydrogen (secondary N) is 4. The van der Waals surface area contributed by atoms with Crippen molar-refractivity contribution in [2.24, 2.45) is 17.8 Å². The lowest BCUT2D eigenvalue weighted by molar-refractivity contribution is -0.146. The second kappa shape index (κ2) is 24.4. The molecule has 330 valence electrons. The summed E-state index contributed by atoms with van der Waals surface area (Å²) in [6, 6.07) is 2.48. The van der Waals surface area contributed by atoms with E-state index in [1.165, 1.54) is 20.6 Å². The molecule has 2 aliphatic rings. The van der Waals surface area contributed by atoms with Crippen LogP contribution in [0.25, 0.3) is 0 Å². The molecular formula is C41H71N7O9S. The molecule has 0 aromatic carbocycles. The van der Waals surface area contributed by atoms with Crippen molar-refractivity contribution in [1.29, 1.82) is 0 Å². The molecular weight excluding hydrogens is 767 g/mol. The first-order valence-corrected chi connectivity index (χ1v) is 22.3. The van der Waals surface area contributed by atoms with Gasteiger partial charge in [0.2, 0.25) is 33.7 Å². The van der Waals surface area contributed by atoms with Crippen LogP contribution in [-0.4, -0.2) is 136 Å². The molecule has 1 aromatic heterocycles. The van der Waals surface area contributed by atoms with E-state index in [1.54, 1.807) is 55.2 Å². The topological polar surface area (TPSA) is 205 Å². The van der Waals surface area contributed by atoms with Gasteiger partial charge in [-0.05, 0) is 56.7 Å². The smallest absolute Gasteiger partial charge is 0.256 e. The molecule has 2 fully saturated rings. The van der Waals surface area contributed by atoms with Crippen molar-refractivity contribution in [2.75, 3.05) is 41.4 Å². The number of sulfonamides is 1. The molecule has 5 amide bonds. The third-order valence-corrected chi connectivity index (χ3v) is 12.8. The minimum atomic E-state index is -3.87. The monoisotopic (exact) mass is 838 g/mol. The number of aromatic nitrogens is 1. The Labute approximate surface area is 346 Å². The number of nitrogens with zero attached hydrogens (tertiary/aromatic N) is 3. The molecule has 1 saturated carbocycles. The summed E-state index contributed by atoms with van der Waals surface area (Å²) in [5.74, 6) is -3.08. The zero-order valence-electron chi connectivity index (χ0n) is 36.6. The molecule has 8 unspecified atom stereocenters. The van der Waals surface area contributed by atoms with E-state index >= 15 is 0 Å². The number of likely N-dealkylation sites (N-methyl/N-ethyl adjacent to an activating group) is 2. The average Bonchev–Trinajstić information content (AvgIpc) is 3.95. The van der Waals surface area contributed by atoms with Gasteiger partial charge in [-0.2, -0.15) is 0 Å². The minimum absolute atomic E-state index is 0.0254. The van der Waals surface area contributed by atoms with Crippen LogP contribution in [0.1, 0.15) is 99.1 Å². The third-order valence-electron chi connectivity index (χ3n) is 11.0. The van der Waals surface area contributed by atoms with Gasteiger partial charge in [-0.1, -0.05) is 67.4 Å². The summed E-state index contributed by atoms with van der Waals surface area (Å²) in [4.78, 5) is 74.8. The first-order chi connectivity index (χ1) is 27.4. The number of amides is 5. The van der Waals surface area contributed by atoms with E-state index < -0.39 is 69.4 Å². The van der Waals surface area contributed by atoms with Crippen molar-refractivity contribution in [3.05, 3.63) is 30.1 Å². The van der Waals surface area contributed by atoms with E-state index in [2.05, 4.69) is 39.5 Å². The van der Waals surface area contributed by atoms with Gasteiger partial charge in [-0.3, -0.25) is 33.7 Å². The van der Waals surface area contributed by atoms with Crippen molar-refractivity contribution in [3.8, 4) is 0 Å². The molecule has 17 heteroatoms. The van der Waals surface area contributed by atoms with Gasteiger partial charge in [0.05, 0.1) is 54.5 Å². The first-order valence-electron chi connectivity index (χ1n) is 20.7. The number of pyridine rings is 1. The zero-order valence-corrected chi connectivity index (χ0v) is 37.4. The lowest BCUT2D eigenvalue weighted by Crippen LogP contribution is -2.56. The fraction of sp³-hybridized carbons (Fsp3) is 0.756. The summed E-state index contributed by atoms with van der Waals surface area (Å²) >= 11 is 0. The summed E-state index contributed by atoms with van der Waals surface area (Å²) < 4.78 is 39.2. The highest BCUT2D eigenvalue weighted by Gasteiger charge is 2.43. The Hall–Kier alpha value is -3.67. The molecule has 0 spiro atoms. The Kier molecular flexibility index (Phi) is 21.3. The number of rotatable bonds is 22. The highest BCUT2D eigenvalue weighted by atomic mass is 32.2. The maximum Gasteiger partial charge on any atom is 0.256 e. The average molecular weight is 838 g/mol. The number of carbonyl (C=O) groups is 5. The van der Waals surface area contributed by atoms with Crippen LogP contribution in [0.3, 0.4) is 0 Å². The Bertz CT molecular complexity index is 1580. The standard InChI is InChI=1S/C38H63N7O9S.C3H8/c1-10-24(4)34(44(7)32(47)22-41-38(50)33(39-6)23(2)3)30(53-8)21-31(46)45-19-13-15-29(45)35(54-9)25(5)36(48)42-28(20-26-14-11-12-18-40-26)37(49)43-55(51,52)27-16-17-27;1-3-2/h11-12,14,18,23-25,27-30,33-35,39H,10,13,15-17,19-22H2,1-9H3,(H,41,50)(H,42,48)(H,43,49);3H2,1-2H3. The van der Waals surface area contributed by atoms with E-state index in [0.717, 1.165) is 0 Å². The summed E-state index contributed by atoms with van der Waals surface area (Å²) in [6.07, 6.45) is 4.16. The number of hydrogen-bond acceptors (Lipinski definition) is 11. The van der Waals surface area contributed by atoms with E-state index in [1.807, 2.05) is 27.7 Å². The predicted molar refractivity (Wildman–Crippen MR) is 223 cm³/mol. The third kappa shape index (κ3) is 14.6. The maximum absolute atomic E-state index is 14.1. The minimum Gasteiger partial charge on any atom is -0.379 e. The summed E-state index contributed by atoms with van der Waals surface area (Å²) in [6.45, 7) is 13.9. The second-order valence-corrected chi connectivity index (χ2v) is 17.8. The van der Waals surface area contributed by atoms with E-state index in [0.29, 0.717) is 44.3 Å². The van der Waals surface area contributed by atoms with Gasteiger partial charge in [0.15, 0.2) is 0 Å². The van der Waals surface area contributed by atoms with Crippen molar-refractivity contribution < 1.29 is 41.9 Å². The van der Waals surface area contributed by atoms with Crippen LogP contribution in [0.2, 0.25) is 0 Å². The molecule has 16 nitrogen and oxygen atoms in total. The molecule has 1 aliphatic heterocycles. The molecule has 0 radical (unpaired) electrons. The number of carbonyl (C=O) groups excluding carboxylic acids is 5. The molecule has 2 heterocycles. The molecule has 4 N–H and O–H groups in total. The summed E-state index contributed by atoms with van der Waals surface area (Å²) in [5, 5.41) is 7.81. The van der Waals surface area contributed by atoms with Gasteiger partial charge >= 0.3 is 0 Å². The lowest BCUT2D eigenvalue weighted by atomic mass is 9.90. The molecule has 1 aliphatic carbocycles. The van der Waals surface area contributed by atoms with Crippen molar-refractivity contribution in [1.82, 2.24) is 35.5 Å². The Morgan fingerprint density at radius 2 is 1.62 bits per heavy atom. The Morgan fingerprint density at radius 1 is 0.966 bits per heavy atom. The van der Waals surface area contributed by atoms with Gasteiger partial charge < -0.3 is 35.2 Å². The first kappa shape index (κ1) is 50.5. The lowest BCUT2D eigenvalue weighted by Gasteiger charge is -2.39. The SMILES string of the molecule is CCC.CCC(C)C(C(CC(=O)N1CCCC1C(OC)C(C)C(=O)NC(Cc1ccccn1)C(=O)NS(=O)(=O)C1CC1)OC)N(C)C(=O)CNC(=O)C(NC)C(C)C. The number of methoxy groups -OCH3 is 2. The number of ether oxygens (including phenoxy) is 2. The van der Waals surface area contributed by atoms with Gasteiger partial charge in [0.25, 0.3) is 5.91 Å². The fourth-order valence-corrected chi connectivity index (χ4v) is 8.75. The highest BCUT2D eigenvalue weighted by Crippen LogP contribution is 2.30. The van der Waals surface area contributed by atoms with E-state index in [4.69, 9.17) is 9.47 Å². The van der Waals surface area contributed by atoms with E-state index in [9.17, 15) is 32.4 Å². The largest absolute Gasteiger partial charge is 0.379 e. The van der Waals surface area contributed by atoms with Crippen molar-refractivity contribution in [3.63, 3.8) is 0 Å². The Balaban J connectivity index is 0.00000374. The Morgan fingerprint density at radius 3 is 2.14 bits per heavy atom. The molecule has 1 saturated heterocycles. The molecule has 1 aromatic rings.